The Morgan fingerprint density at radius 2 is 1.90 bits per heavy atom. The molecule has 4 rings (SSSR count). The van der Waals surface area contributed by atoms with E-state index in [1.807, 2.05) is 17.0 Å². The summed E-state index contributed by atoms with van der Waals surface area (Å²) >= 11 is 0. The van der Waals surface area contributed by atoms with Gasteiger partial charge >= 0.3 is 0 Å². The molecule has 1 saturated heterocycles. The number of carbonyl (C=O) groups excluding carboxylic acids is 1. The third-order valence-corrected chi connectivity index (χ3v) is 5.48. The molecule has 7 nitrogen and oxygen atoms in total. The third-order valence-electron chi connectivity index (χ3n) is 5.48. The molecule has 1 atom stereocenters. The van der Waals surface area contributed by atoms with Crippen molar-refractivity contribution in [3.05, 3.63) is 54.0 Å². The van der Waals surface area contributed by atoms with Crippen LogP contribution in [0.4, 0.5) is 0 Å². The maximum Gasteiger partial charge on any atom is 0.289 e. The maximum atomic E-state index is 12.5. The summed E-state index contributed by atoms with van der Waals surface area (Å²) in [5.74, 6) is 2.62. The minimum atomic E-state index is -0.0459. The Hall–Kier alpha value is -2.23. The fourth-order valence-corrected chi connectivity index (χ4v) is 3.91. The van der Waals surface area contributed by atoms with E-state index in [-0.39, 0.29) is 29.9 Å². The summed E-state index contributed by atoms with van der Waals surface area (Å²) in [7, 11) is 0. The average molecular weight is 524 g/mol. The fourth-order valence-electron chi connectivity index (χ4n) is 3.91. The Balaban J connectivity index is 0.00000256. The predicted molar refractivity (Wildman–Crippen MR) is 127 cm³/mol. The Labute approximate surface area is 194 Å². The number of halogens is 1. The van der Waals surface area contributed by atoms with E-state index in [1.165, 1.54) is 11.8 Å². The van der Waals surface area contributed by atoms with Gasteiger partial charge in [-0.1, -0.05) is 18.2 Å². The molecule has 1 N–H and O–H groups in total. The highest BCUT2D eigenvalue weighted by atomic mass is 127. The number of hydrogen-bond acceptors (Lipinski definition) is 4. The van der Waals surface area contributed by atoms with Crippen molar-refractivity contribution in [3.8, 4) is 5.75 Å². The Kier molecular flexibility index (Phi) is 8.01. The lowest BCUT2D eigenvalue weighted by atomic mass is 9.93. The number of furan rings is 1. The van der Waals surface area contributed by atoms with Crippen LogP contribution in [0.2, 0.25) is 0 Å². The van der Waals surface area contributed by atoms with E-state index in [4.69, 9.17) is 14.1 Å². The van der Waals surface area contributed by atoms with Crippen molar-refractivity contribution in [2.45, 2.75) is 19.3 Å². The van der Waals surface area contributed by atoms with Gasteiger partial charge in [-0.2, -0.15) is 0 Å². The summed E-state index contributed by atoms with van der Waals surface area (Å²) < 4.78 is 11.0. The number of piperazine rings is 1. The molecular formula is C22H29IN4O3. The first kappa shape index (κ1) is 22.5. The molecule has 30 heavy (non-hydrogen) atoms. The molecule has 0 bridgehead atoms. The lowest BCUT2D eigenvalue weighted by Gasteiger charge is -2.36. The third kappa shape index (κ3) is 5.08. The van der Waals surface area contributed by atoms with Gasteiger partial charge in [0.2, 0.25) is 0 Å². The molecule has 0 aliphatic carbocycles. The maximum absolute atomic E-state index is 12.5. The molecule has 0 spiro atoms. The number of fused-ring (bicyclic) bond motifs is 1. The molecule has 0 saturated carbocycles. The zero-order valence-electron chi connectivity index (χ0n) is 17.3. The number of rotatable bonds is 4. The first-order valence-corrected chi connectivity index (χ1v) is 10.3. The zero-order valence-corrected chi connectivity index (χ0v) is 19.6. The van der Waals surface area contributed by atoms with Crippen LogP contribution in [-0.2, 0) is 0 Å². The second-order valence-corrected chi connectivity index (χ2v) is 7.32. The first-order valence-electron chi connectivity index (χ1n) is 10.3. The van der Waals surface area contributed by atoms with Gasteiger partial charge in [-0.25, -0.2) is 0 Å². The van der Waals surface area contributed by atoms with E-state index in [9.17, 15) is 4.79 Å². The second kappa shape index (κ2) is 10.7. The molecule has 1 aromatic carbocycles. The van der Waals surface area contributed by atoms with Crippen molar-refractivity contribution in [3.63, 3.8) is 0 Å². The van der Waals surface area contributed by atoms with Gasteiger partial charge in [-0.15, -0.1) is 24.0 Å². The molecule has 1 fully saturated rings. The lowest BCUT2D eigenvalue weighted by molar-refractivity contribution is 0.0657. The number of benzene rings is 1. The first-order chi connectivity index (χ1) is 14.3. The topological polar surface area (TPSA) is 70.3 Å². The Morgan fingerprint density at radius 1 is 1.13 bits per heavy atom. The fraction of sp³-hybridized carbons (Fsp3) is 0.455. The van der Waals surface area contributed by atoms with Gasteiger partial charge in [0, 0.05) is 45.2 Å². The molecular weight excluding hydrogens is 495 g/mol. The molecule has 3 heterocycles. The minimum Gasteiger partial charge on any atom is -0.493 e. The van der Waals surface area contributed by atoms with Crippen LogP contribution in [0.3, 0.4) is 0 Å². The summed E-state index contributed by atoms with van der Waals surface area (Å²) in [6, 6.07) is 11.7. The molecule has 2 aliphatic heterocycles. The van der Waals surface area contributed by atoms with Crippen LogP contribution in [-0.4, -0.2) is 67.5 Å². The SMILES string of the molecule is CCNC(=NCC1CCOc2ccccc21)N1CCN(C(=O)c2ccco2)CC1.I. The van der Waals surface area contributed by atoms with E-state index in [0.717, 1.165) is 50.9 Å². The highest BCUT2D eigenvalue weighted by Crippen LogP contribution is 2.33. The van der Waals surface area contributed by atoms with Crippen molar-refractivity contribution in [1.82, 2.24) is 15.1 Å². The van der Waals surface area contributed by atoms with Gasteiger partial charge in [0.05, 0.1) is 12.9 Å². The molecule has 1 unspecified atom stereocenters. The van der Waals surface area contributed by atoms with Gasteiger partial charge in [0.1, 0.15) is 5.75 Å². The van der Waals surface area contributed by atoms with Crippen LogP contribution >= 0.6 is 24.0 Å². The normalized spacial score (nSPS) is 18.8. The summed E-state index contributed by atoms with van der Waals surface area (Å²) in [5.41, 5.74) is 1.24. The van der Waals surface area contributed by atoms with Crippen LogP contribution in [0.5, 0.6) is 5.75 Å². The van der Waals surface area contributed by atoms with E-state index in [2.05, 4.69) is 29.3 Å². The monoisotopic (exact) mass is 524 g/mol. The largest absolute Gasteiger partial charge is 0.493 e. The van der Waals surface area contributed by atoms with E-state index >= 15 is 0 Å². The smallest absolute Gasteiger partial charge is 0.289 e. The lowest BCUT2D eigenvalue weighted by Crippen LogP contribution is -2.53. The number of hydrogen-bond donors (Lipinski definition) is 1. The van der Waals surface area contributed by atoms with Gasteiger partial charge in [-0.05, 0) is 37.1 Å². The molecule has 0 radical (unpaired) electrons. The quantitative estimate of drug-likeness (QED) is 0.378. The van der Waals surface area contributed by atoms with Gasteiger partial charge < -0.3 is 24.3 Å². The number of ether oxygens (including phenoxy) is 1. The zero-order chi connectivity index (χ0) is 20.1. The molecule has 1 aromatic heterocycles. The highest BCUT2D eigenvalue weighted by Gasteiger charge is 2.26. The van der Waals surface area contributed by atoms with Crippen molar-refractivity contribution in [2.75, 3.05) is 45.9 Å². The molecule has 2 aliphatic rings. The van der Waals surface area contributed by atoms with Crippen molar-refractivity contribution < 1.29 is 13.9 Å². The number of nitrogens with zero attached hydrogens (tertiary/aromatic N) is 3. The van der Waals surface area contributed by atoms with Gasteiger partial charge in [0.15, 0.2) is 11.7 Å². The number of aliphatic imine (C=N–C) groups is 1. The number of nitrogens with one attached hydrogen (secondary N) is 1. The Bertz CT molecular complexity index is 848. The summed E-state index contributed by atoms with van der Waals surface area (Å²) in [4.78, 5) is 21.5. The van der Waals surface area contributed by atoms with Crippen LogP contribution in [0.25, 0.3) is 0 Å². The number of guanidine groups is 1. The summed E-state index contributed by atoms with van der Waals surface area (Å²) in [6.07, 6.45) is 2.51. The van der Waals surface area contributed by atoms with Crippen LogP contribution in [0.15, 0.2) is 52.1 Å². The van der Waals surface area contributed by atoms with Crippen molar-refractivity contribution >= 4 is 35.8 Å². The van der Waals surface area contributed by atoms with Crippen LogP contribution in [0.1, 0.15) is 35.4 Å². The number of para-hydroxylation sites is 1. The Morgan fingerprint density at radius 3 is 2.63 bits per heavy atom. The van der Waals surface area contributed by atoms with Crippen LogP contribution in [0, 0.1) is 0 Å². The summed E-state index contributed by atoms with van der Waals surface area (Å²) in [6.45, 7) is 7.18. The standard InChI is InChI=1S/C22H28N4O3.HI/c1-2-23-22(24-16-17-9-15-29-19-7-4-3-6-18(17)19)26-12-10-25(11-13-26)21(27)20-8-5-14-28-20;/h3-8,14,17H,2,9-13,15-16H2,1H3,(H,23,24);1H. The van der Waals surface area contributed by atoms with Crippen molar-refractivity contribution in [2.24, 2.45) is 4.99 Å². The average Bonchev–Trinajstić information content (AvgIpc) is 3.31. The number of amides is 1. The predicted octanol–water partition coefficient (Wildman–Crippen LogP) is 3.19. The van der Waals surface area contributed by atoms with E-state index < -0.39 is 0 Å². The highest BCUT2D eigenvalue weighted by molar-refractivity contribution is 14.0. The molecule has 1 amide bonds. The van der Waals surface area contributed by atoms with Crippen molar-refractivity contribution in [1.29, 1.82) is 0 Å². The van der Waals surface area contributed by atoms with Crippen LogP contribution < -0.4 is 10.1 Å². The molecule has 2 aromatic rings. The molecule has 162 valence electrons. The summed E-state index contributed by atoms with van der Waals surface area (Å²) in [5, 5.41) is 3.41. The van der Waals surface area contributed by atoms with Gasteiger partial charge in [0.25, 0.3) is 5.91 Å². The molecule has 8 heteroatoms. The second-order valence-electron chi connectivity index (χ2n) is 7.32. The van der Waals surface area contributed by atoms with Gasteiger partial charge in [-0.3, -0.25) is 9.79 Å². The number of carbonyl (C=O) groups is 1. The van der Waals surface area contributed by atoms with E-state index in [0.29, 0.717) is 24.8 Å². The van der Waals surface area contributed by atoms with E-state index in [1.54, 1.807) is 12.1 Å². The minimum absolute atomic E-state index is 0.